The largest absolute Gasteiger partial charge is 0.356 e. The van der Waals surface area contributed by atoms with Gasteiger partial charge in [0.15, 0.2) is 0 Å². The molecule has 0 spiro atoms. The quantitative estimate of drug-likeness (QED) is 0.641. The second-order valence-electron chi connectivity index (χ2n) is 4.40. The highest BCUT2D eigenvalue weighted by molar-refractivity contribution is 6.30. The molecule has 0 fully saturated rings. The zero-order valence-corrected chi connectivity index (χ0v) is 12.1. The summed E-state index contributed by atoms with van der Waals surface area (Å²) in [5.41, 5.74) is 6.03. The van der Waals surface area contributed by atoms with E-state index in [1.54, 1.807) is 24.3 Å². The fraction of sp³-hybridized carbons (Fsp3) is 0.429. The lowest BCUT2D eigenvalue weighted by Crippen LogP contribution is -2.25. The zero-order chi connectivity index (χ0) is 14.8. The summed E-state index contributed by atoms with van der Waals surface area (Å²) in [6, 6.07) is 6.92. The summed E-state index contributed by atoms with van der Waals surface area (Å²) < 4.78 is 0. The Morgan fingerprint density at radius 3 is 2.35 bits per heavy atom. The van der Waals surface area contributed by atoms with Gasteiger partial charge in [-0.05, 0) is 43.7 Å². The molecule has 0 aliphatic heterocycles. The molecule has 0 atom stereocenters. The molecule has 0 unspecified atom stereocenters. The van der Waals surface area contributed by atoms with Crippen LogP contribution in [0.2, 0.25) is 5.02 Å². The van der Waals surface area contributed by atoms with Gasteiger partial charge in [0.05, 0.1) is 0 Å². The van der Waals surface area contributed by atoms with Gasteiger partial charge in [0, 0.05) is 30.1 Å². The summed E-state index contributed by atoms with van der Waals surface area (Å²) in [4.78, 5) is 22.9. The summed E-state index contributed by atoms with van der Waals surface area (Å²) >= 11 is 5.76. The predicted molar refractivity (Wildman–Crippen MR) is 80.6 cm³/mol. The molecular formula is C14H20ClN3O2. The Labute approximate surface area is 123 Å². The summed E-state index contributed by atoms with van der Waals surface area (Å²) in [5.74, 6) is -0.0999. The first kappa shape index (κ1) is 16.5. The Balaban J connectivity index is 2.14. The molecule has 0 radical (unpaired) electrons. The molecule has 0 bridgehead atoms. The molecule has 1 rings (SSSR count). The smallest absolute Gasteiger partial charge is 0.224 e. The average Bonchev–Trinajstić information content (AvgIpc) is 2.44. The molecule has 110 valence electrons. The minimum absolute atomic E-state index is 0.0199. The van der Waals surface area contributed by atoms with Crippen LogP contribution in [0, 0.1) is 0 Å². The van der Waals surface area contributed by atoms with Gasteiger partial charge >= 0.3 is 0 Å². The van der Waals surface area contributed by atoms with E-state index < -0.39 is 0 Å². The van der Waals surface area contributed by atoms with Crippen LogP contribution in [0.25, 0.3) is 0 Å². The maximum atomic E-state index is 11.6. The second kappa shape index (κ2) is 9.34. The van der Waals surface area contributed by atoms with Gasteiger partial charge in [0.1, 0.15) is 0 Å². The molecule has 1 aromatic rings. The topological polar surface area (TPSA) is 84.2 Å². The van der Waals surface area contributed by atoms with Crippen molar-refractivity contribution in [2.24, 2.45) is 5.73 Å². The summed E-state index contributed by atoms with van der Waals surface area (Å²) in [5, 5.41) is 6.14. The van der Waals surface area contributed by atoms with Crippen molar-refractivity contribution in [3.05, 3.63) is 29.3 Å². The number of halogens is 1. The van der Waals surface area contributed by atoms with Crippen molar-refractivity contribution in [3.8, 4) is 0 Å². The van der Waals surface area contributed by atoms with Gasteiger partial charge in [-0.1, -0.05) is 11.6 Å². The number of amides is 2. The third kappa shape index (κ3) is 7.11. The van der Waals surface area contributed by atoms with Crippen LogP contribution < -0.4 is 16.4 Å². The highest BCUT2D eigenvalue weighted by atomic mass is 35.5. The van der Waals surface area contributed by atoms with Crippen LogP contribution in [0.5, 0.6) is 0 Å². The Bertz CT molecular complexity index is 435. The van der Waals surface area contributed by atoms with Crippen LogP contribution >= 0.6 is 11.6 Å². The number of nitrogens with one attached hydrogen (secondary N) is 2. The van der Waals surface area contributed by atoms with Crippen molar-refractivity contribution in [2.45, 2.75) is 25.7 Å². The molecule has 2 amide bonds. The van der Waals surface area contributed by atoms with Gasteiger partial charge in [-0.25, -0.2) is 0 Å². The Morgan fingerprint density at radius 2 is 1.70 bits per heavy atom. The lowest BCUT2D eigenvalue weighted by atomic mass is 10.2. The number of hydrogen-bond donors (Lipinski definition) is 3. The van der Waals surface area contributed by atoms with E-state index in [1.807, 2.05) is 0 Å². The first-order valence-corrected chi connectivity index (χ1v) is 7.02. The summed E-state index contributed by atoms with van der Waals surface area (Å²) in [6.07, 6.45) is 2.09. The second-order valence-corrected chi connectivity index (χ2v) is 4.84. The van der Waals surface area contributed by atoms with E-state index in [2.05, 4.69) is 10.6 Å². The molecule has 0 aliphatic carbocycles. The number of anilines is 1. The number of benzene rings is 1. The fourth-order valence-corrected chi connectivity index (χ4v) is 1.71. The van der Waals surface area contributed by atoms with E-state index in [0.29, 0.717) is 49.5 Å². The van der Waals surface area contributed by atoms with Gasteiger partial charge in [0.2, 0.25) is 11.8 Å². The van der Waals surface area contributed by atoms with E-state index in [1.165, 1.54) is 0 Å². The van der Waals surface area contributed by atoms with Gasteiger partial charge in [-0.2, -0.15) is 0 Å². The molecule has 0 heterocycles. The minimum Gasteiger partial charge on any atom is -0.356 e. The molecule has 0 saturated carbocycles. The average molecular weight is 298 g/mol. The third-order valence-electron chi connectivity index (χ3n) is 2.64. The molecule has 20 heavy (non-hydrogen) atoms. The van der Waals surface area contributed by atoms with Crippen molar-refractivity contribution >= 4 is 29.1 Å². The lowest BCUT2D eigenvalue weighted by Gasteiger charge is -2.06. The molecule has 0 aliphatic rings. The van der Waals surface area contributed by atoms with Gasteiger partial charge in [-0.15, -0.1) is 0 Å². The van der Waals surface area contributed by atoms with Crippen LogP contribution in [0.1, 0.15) is 25.7 Å². The van der Waals surface area contributed by atoms with E-state index >= 15 is 0 Å². The van der Waals surface area contributed by atoms with Crippen LogP contribution in [-0.4, -0.2) is 24.9 Å². The number of carbonyl (C=O) groups excluding carboxylic acids is 2. The first-order valence-electron chi connectivity index (χ1n) is 6.64. The predicted octanol–water partition coefficient (Wildman–Crippen LogP) is 1.91. The van der Waals surface area contributed by atoms with E-state index in [-0.39, 0.29) is 11.8 Å². The summed E-state index contributed by atoms with van der Waals surface area (Å²) in [7, 11) is 0. The van der Waals surface area contributed by atoms with Crippen molar-refractivity contribution < 1.29 is 9.59 Å². The molecule has 4 N–H and O–H groups in total. The molecule has 0 aromatic heterocycles. The Hall–Kier alpha value is -1.59. The maximum absolute atomic E-state index is 11.6. The van der Waals surface area contributed by atoms with Crippen molar-refractivity contribution in [1.29, 1.82) is 0 Å². The number of rotatable bonds is 8. The van der Waals surface area contributed by atoms with E-state index in [0.717, 1.165) is 0 Å². The highest BCUT2D eigenvalue weighted by Crippen LogP contribution is 2.13. The SMILES string of the molecule is NCCCC(=O)NCCCC(=O)Nc1ccc(Cl)cc1. The van der Waals surface area contributed by atoms with Gasteiger partial charge < -0.3 is 16.4 Å². The van der Waals surface area contributed by atoms with Crippen LogP contribution in [0.4, 0.5) is 5.69 Å². The molecular weight excluding hydrogens is 278 g/mol. The zero-order valence-electron chi connectivity index (χ0n) is 11.3. The Morgan fingerprint density at radius 1 is 1.05 bits per heavy atom. The highest BCUT2D eigenvalue weighted by Gasteiger charge is 2.03. The van der Waals surface area contributed by atoms with Crippen molar-refractivity contribution in [3.63, 3.8) is 0 Å². The number of carbonyl (C=O) groups is 2. The van der Waals surface area contributed by atoms with Crippen LogP contribution in [0.3, 0.4) is 0 Å². The first-order chi connectivity index (χ1) is 9.61. The number of hydrogen-bond acceptors (Lipinski definition) is 3. The lowest BCUT2D eigenvalue weighted by molar-refractivity contribution is -0.121. The van der Waals surface area contributed by atoms with Gasteiger partial charge in [-0.3, -0.25) is 9.59 Å². The number of nitrogens with two attached hydrogens (primary N) is 1. The normalized spacial score (nSPS) is 10.1. The fourth-order valence-electron chi connectivity index (χ4n) is 1.58. The molecule has 6 heteroatoms. The van der Waals surface area contributed by atoms with Crippen LogP contribution in [-0.2, 0) is 9.59 Å². The minimum atomic E-state index is -0.0801. The monoisotopic (exact) mass is 297 g/mol. The van der Waals surface area contributed by atoms with E-state index in [4.69, 9.17) is 17.3 Å². The van der Waals surface area contributed by atoms with Crippen LogP contribution in [0.15, 0.2) is 24.3 Å². The Kier molecular flexibility index (Phi) is 7.69. The van der Waals surface area contributed by atoms with Gasteiger partial charge in [0.25, 0.3) is 0 Å². The molecule has 1 aromatic carbocycles. The van der Waals surface area contributed by atoms with Crippen molar-refractivity contribution in [1.82, 2.24) is 5.32 Å². The third-order valence-corrected chi connectivity index (χ3v) is 2.89. The maximum Gasteiger partial charge on any atom is 0.224 e. The van der Waals surface area contributed by atoms with Crippen molar-refractivity contribution in [2.75, 3.05) is 18.4 Å². The molecule has 5 nitrogen and oxygen atoms in total. The summed E-state index contributed by atoms with van der Waals surface area (Å²) in [6.45, 7) is 1.01. The molecule has 0 saturated heterocycles. The standard InChI is InChI=1S/C14H20ClN3O2/c15-11-5-7-12(8-6-11)18-14(20)4-2-10-17-13(19)3-1-9-16/h5-8H,1-4,9-10,16H2,(H,17,19)(H,18,20). The van der Waals surface area contributed by atoms with E-state index in [9.17, 15) is 9.59 Å².